The van der Waals surface area contributed by atoms with Gasteiger partial charge in [0.05, 0.1) is 18.1 Å². The number of aliphatic hydroxyl groups is 2. The monoisotopic (exact) mass is 317 g/mol. The van der Waals surface area contributed by atoms with Crippen molar-refractivity contribution in [3.63, 3.8) is 0 Å². The van der Waals surface area contributed by atoms with Crippen molar-refractivity contribution in [1.82, 2.24) is 5.32 Å². The Kier molecular flexibility index (Phi) is 5.47. The molecule has 0 fully saturated rings. The highest BCUT2D eigenvalue weighted by Crippen LogP contribution is 2.24. The molecular weight excluding hydrogens is 297 g/mol. The number of halogens is 1. The van der Waals surface area contributed by atoms with E-state index in [2.05, 4.69) is 5.32 Å². The molecule has 0 aromatic heterocycles. The maximum atomic E-state index is 12.8. The summed E-state index contributed by atoms with van der Waals surface area (Å²) in [5.74, 6) is -0.760. The third-order valence-electron chi connectivity index (χ3n) is 3.65. The maximum Gasteiger partial charge on any atom is 0.223 e. The van der Waals surface area contributed by atoms with E-state index < -0.39 is 11.7 Å². The van der Waals surface area contributed by atoms with Crippen molar-refractivity contribution in [2.75, 3.05) is 6.54 Å². The highest BCUT2D eigenvalue weighted by Gasteiger charge is 2.26. The van der Waals surface area contributed by atoms with E-state index in [1.54, 1.807) is 31.2 Å². The average molecular weight is 317 g/mol. The van der Waals surface area contributed by atoms with E-state index in [1.165, 1.54) is 24.3 Å². The summed E-state index contributed by atoms with van der Waals surface area (Å²) in [7, 11) is 0. The van der Waals surface area contributed by atoms with Gasteiger partial charge in [0.25, 0.3) is 0 Å². The zero-order valence-electron chi connectivity index (χ0n) is 12.9. The number of amides is 1. The van der Waals surface area contributed by atoms with Crippen molar-refractivity contribution in [3.8, 4) is 0 Å². The lowest BCUT2D eigenvalue weighted by Crippen LogP contribution is -2.34. The summed E-state index contributed by atoms with van der Waals surface area (Å²) in [6.45, 7) is 1.56. The Bertz CT molecular complexity index is 641. The third kappa shape index (κ3) is 4.87. The van der Waals surface area contributed by atoms with Gasteiger partial charge >= 0.3 is 0 Å². The molecule has 0 saturated heterocycles. The van der Waals surface area contributed by atoms with E-state index in [9.17, 15) is 19.4 Å². The zero-order chi connectivity index (χ0) is 16.9. The van der Waals surface area contributed by atoms with Gasteiger partial charge in [-0.15, -0.1) is 0 Å². The lowest BCUT2D eigenvalue weighted by Gasteiger charge is -2.23. The summed E-state index contributed by atoms with van der Waals surface area (Å²) in [4.78, 5) is 12.0. The molecule has 5 heteroatoms. The molecule has 2 aromatic rings. The van der Waals surface area contributed by atoms with Crippen LogP contribution in [0, 0.1) is 5.82 Å². The molecule has 4 nitrogen and oxygen atoms in total. The van der Waals surface area contributed by atoms with Crippen LogP contribution in [-0.2, 0) is 10.4 Å². The first-order valence-corrected chi connectivity index (χ1v) is 7.36. The van der Waals surface area contributed by atoms with E-state index >= 15 is 0 Å². The Labute approximate surface area is 134 Å². The molecule has 2 unspecified atom stereocenters. The Balaban J connectivity index is 1.88. The van der Waals surface area contributed by atoms with Crippen LogP contribution in [0.3, 0.4) is 0 Å². The van der Waals surface area contributed by atoms with Crippen LogP contribution >= 0.6 is 0 Å². The smallest absolute Gasteiger partial charge is 0.223 e. The average Bonchev–Trinajstić information content (AvgIpc) is 2.54. The lowest BCUT2D eigenvalue weighted by atomic mass is 9.92. The Morgan fingerprint density at radius 1 is 1.17 bits per heavy atom. The number of carbonyl (C=O) groups excluding carboxylic acids is 1. The molecule has 2 aromatic carbocycles. The molecular formula is C18H20FNO3. The van der Waals surface area contributed by atoms with Gasteiger partial charge in [-0.2, -0.15) is 0 Å². The van der Waals surface area contributed by atoms with Crippen LogP contribution in [0.1, 0.15) is 30.6 Å². The molecule has 0 aliphatic carbocycles. The van der Waals surface area contributed by atoms with Crippen LogP contribution in [0.4, 0.5) is 4.39 Å². The van der Waals surface area contributed by atoms with Gasteiger partial charge in [-0.25, -0.2) is 4.39 Å². The minimum atomic E-state index is -1.29. The van der Waals surface area contributed by atoms with Gasteiger partial charge in [0.1, 0.15) is 5.82 Å². The molecule has 2 atom stereocenters. The van der Waals surface area contributed by atoms with Gasteiger partial charge in [0.15, 0.2) is 0 Å². The van der Waals surface area contributed by atoms with E-state index in [0.717, 1.165) is 0 Å². The normalized spacial score (nSPS) is 14.8. The van der Waals surface area contributed by atoms with Crippen molar-refractivity contribution in [2.45, 2.75) is 25.0 Å². The van der Waals surface area contributed by atoms with E-state index in [-0.39, 0.29) is 24.7 Å². The van der Waals surface area contributed by atoms with Crippen LogP contribution < -0.4 is 5.32 Å². The van der Waals surface area contributed by atoms with Crippen LogP contribution in [0.2, 0.25) is 0 Å². The molecule has 0 bridgehead atoms. The summed E-state index contributed by atoms with van der Waals surface area (Å²) in [5, 5.41) is 23.0. The highest BCUT2D eigenvalue weighted by atomic mass is 19.1. The SMILES string of the molecule is CC(O)(CC(=O)NCC(O)c1ccc(F)cc1)c1ccccc1. The van der Waals surface area contributed by atoms with Gasteiger partial charge in [-0.3, -0.25) is 4.79 Å². The van der Waals surface area contributed by atoms with Crippen molar-refractivity contribution < 1.29 is 19.4 Å². The van der Waals surface area contributed by atoms with Crippen molar-refractivity contribution in [3.05, 3.63) is 71.5 Å². The van der Waals surface area contributed by atoms with Gasteiger partial charge in [-0.1, -0.05) is 42.5 Å². The molecule has 0 heterocycles. The lowest BCUT2D eigenvalue weighted by molar-refractivity contribution is -0.126. The predicted octanol–water partition coefficient (Wildman–Crippen LogP) is 2.27. The molecule has 0 aliphatic rings. The van der Waals surface area contributed by atoms with Crippen LogP contribution in [-0.4, -0.2) is 22.7 Å². The quantitative estimate of drug-likeness (QED) is 0.765. The first-order chi connectivity index (χ1) is 10.9. The van der Waals surface area contributed by atoms with E-state index in [0.29, 0.717) is 11.1 Å². The molecule has 3 N–H and O–H groups in total. The fourth-order valence-electron chi connectivity index (χ4n) is 2.29. The largest absolute Gasteiger partial charge is 0.387 e. The summed E-state index contributed by atoms with van der Waals surface area (Å²) >= 11 is 0. The Morgan fingerprint density at radius 2 is 1.78 bits per heavy atom. The van der Waals surface area contributed by atoms with E-state index in [4.69, 9.17) is 0 Å². The molecule has 23 heavy (non-hydrogen) atoms. The van der Waals surface area contributed by atoms with Crippen LogP contribution in [0.15, 0.2) is 54.6 Å². The highest BCUT2D eigenvalue weighted by molar-refractivity contribution is 5.77. The summed E-state index contributed by atoms with van der Waals surface area (Å²) in [5.41, 5.74) is -0.123. The molecule has 0 aliphatic heterocycles. The molecule has 122 valence electrons. The topological polar surface area (TPSA) is 69.6 Å². The van der Waals surface area contributed by atoms with Crippen molar-refractivity contribution >= 4 is 5.91 Å². The minimum absolute atomic E-state index is 0.00463. The first-order valence-electron chi connectivity index (χ1n) is 7.36. The number of hydrogen-bond donors (Lipinski definition) is 3. The third-order valence-corrected chi connectivity index (χ3v) is 3.65. The number of carbonyl (C=O) groups is 1. The summed E-state index contributed by atoms with van der Waals surface area (Å²) in [6, 6.07) is 14.3. The van der Waals surface area contributed by atoms with Gasteiger partial charge in [0.2, 0.25) is 5.91 Å². The second kappa shape index (κ2) is 7.35. The second-order valence-corrected chi connectivity index (χ2v) is 5.69. The molecule has 2 rings (SSSR count). The standard InChI is InChI=1S/C18H20FNO3/c1-18(23,14-5-3-2-4-6-14)11-17(22)20-12-16(21)13-7-9-15(19)10-8-13/h2-10,16,21,23H,11-12H2,1H3,(H,20,22). The predicted molar refractivity (Wildman–Crippen MR) is 85.0 cm³/mol. The number of aliphatic hydroxyl groups excluding tert-OH is 1. The molecule has 1 amide bonds. The van der Waals surface area contributed by atoms with Crippen LogP contribution in [0.5, 0.6) is 0 Å². The second-order valence-electron chi connectivity index (χ2n) is 5.69. The number of benzene rings is 2. The van der Waals surface area contributed by atoms with Crippen LogP contribution in [0.25, 0.3) is 0 Å². The maximum absolute atomic E-state index is 12.8. The van der Waals surface area contributed by atoms with E-state index in [1.807, 2.05) is 6.07 Å². The minimum Gasteiger partial charge on any atom is -0.387 e. The molecule has 0 saturated carbocycles. The van der Waals surface area contributed by atoms with Crippen molar-refractivity contribution in [1.29, 1.82) is 0 Å². The Hall–Kier alpha value is -2.24. The molecule has 0 spiro atoms. The fraction of sp³-hybridized carbons (Fsp3) is 0.278. The fourth-order valence-corrected chi connectivity index (χ4v) is 2.29. The van der Waals surface area contributed by atoms with Gasteiger partial charge in [0, 0.05) is 6.54 Å². The number of rotatable bonds is 6. The number of nitrogens with one attached hydrogen (secondary N) is 1. The Morgan fingerprint density at radius 3 is 2.39 bits per heavy atom. The summed E-state index contributed by atoms with van der Waals surface area (Å²) < 4.78 is 12.8. The van der Waals surface area contributed by atoms with Crippen molar-refractivity contribution in [2.24, 2.45) is 0 Å². The van der Waals surface area contributed by atoms with Gasteiger partial charge in [-0.05, 0) is 30.2 Å². The first kappa shape index (κ1) is 17.1. The zero-order valence-corrected chi connectivity index (χ0v) is 12.9. The van der Waals surface area contributed by atoms with Gasteiger partial charge < -0.3 is 15.5 Å². The molecule has 0 radical (unpaired) electrons. The summed E-state index contributed by atoms with van der Waals surface area (Å²) in [6.07, 6.45) is -1.05. The number of hydrogen-bond acceptors (Lipinski definition) is 3.